The number of likely N-dealkylation sites (N-methyl/N-ethyl adjacent to an activating group) is 1. The number of nitrogen functional groups attached to an aromatic ring is 1. The molecule has 0 aliphatic carbocycles. The minimum absolute atomic E-state index is 0.0163. The summed E-state index contributed by atoms with van der Waals surface area (Å²) in [5, 5.41) is 35.2. The van der Waals surface area contributed by atoms with Crippen LogP contribution in [0.3, 0.4) is 0 Å². The average molecular weight is 510 g/mol. The Kier molecular flexibility index (Phi) is 7.83. The largest absolute Gasteiger partial charge is 0.481 e. The number of anilines is 1. The molecule has 1 fully saturated rings. The van der Waals surface area contributed by atoms with E-state index in [1.165, 1.54) is 10.9 Å². The minimum atomic E-state index is -1.44. The molecule has 4 atom stereocenters. The Morgan fingerprint density at radius 3 is 2.59 bits per heavy atom. The fourth-order valence-corrected chi connectivity index (χ4v) is 3.93. The van der Waals surface area contributed by atoms with Crippen LogP contribution in [0.25, 0.3) is 11.2 Å². The van der Waals surface area contributed by atoms with Crippen LogP contribution in [-0.4, -0.2) is 78.1 Å². The zero-order chi connectivity index (χ0) is 26.5. The number of hydrogen-bond donors (Lipinski definition) is 6. The number of fused-ring (bicyclic) bond motifs is 1. The summed E-state index contributed by atoms with van der Waals surface area (Å²) < 4.78 is 7.03. The van der Waals surface area contributed by atoms with Gasteiger partial charge in [-0.25, -0.2) is 15.0 Å². The van der Waals surface area contributed by atoms with Crippen molar-refractivity contribution < 1.29 is 29.6 Å². The first kappa shape index (κ1) is 25.8. The molecule has 1 aliphatic rings. The number of benzene rings is 1. The monoisotopic (exact) mass is 509 g/mol. The number of aromatic nitrogens is 4. The number of hydrogen-bond acceptors (Lipinski definition) is 10. The standard InChI is InChI=1S/C24H27N7O6/c1-2-27-23(36)20-18(34)19(35)24(37-20)31-12-28-17-21(25)29-15(30-22(17)31)8-10-26-9-7-13-3-5-14(6-4-13)11-16(32)33/h3-6,12,18-20,24,26,34-35H,2,7,9,11H2,1H3,(H,27,36)(H,32,33)(H2,25,29,30)/t18-,19+,20-,24?/m0/s1. The van der Waals surface area contributed by atoms with E-state index in [9.17, 15) is 19.8 Å². The Morgan fingerprint density at radius 1 is 1.16 bits per heavy atom. The van der Waals surface area contributed by atoms with E-state index in [0.717, 1.165) is 11.1 Å². The predicted molar refractivity (Wildman–Crippen MR) is 131 cm³/mol. The first-order chi connectivity index (χ1) is 17.8. The number of nitrogens with zero attached hydrogens (tertiary/aromatic N) is 4. The van der Waals surface area contributed by atoms with Crippen molar-refractivity contribution in [3.63, 3.8) is 0 Å². The third-order valence-corrected chi connectivity index (χ3v) is 5.75. The van der Waals surface area contributed by atoms with Gasteiger partial charge in [-0.2, -0.15) is 0 Å². The molecule has 13 heteroatoms. The van der Waals surface area contributed by atoms with Gasteiger partial charge < -0.3 is 36.4 Å². The van der Waals surface area contributed by atoms with Crippen LogP contribution in [0, 0.1) is 12.0 Å². The summed E-state index contributed by atoms with van der Waals surface area (Å²) in [6.45, 7) is 2.61. The van der Waals surface area contributed by atoms with Crippen LogP contribution >= 0.6 is 0 Å². The summed E-state index contributed by atoms with van der Waals surface area (Å²) in [6.07, 6.45) is -3.23. The van der Waals surface area contributed by atoms with Gasteiger partial charge in [-0.3, -0.25) is 14.2 Å². The second kappa shape index (κ2) is 11.2. The van der Waals surface area contributed by atoms with Crippen LogP contribution in [0.5, 0.6) is 0 Å². The number of ether oxygens (including phenoxy) is 1. The fraction of sp³-hybridized carbons (Fsp3) is 0.375. The number of nitrogens with one attached hydrogen (secondary N) is 2. The van der Waals surface area contributed by atoms with Gasteiger partial charge in [0.15, 0.2) is 23.8 Å². The molecule has 1 unspecified atom stereocenters. The van der Waals surface area contributed by atoms with Crippen molar-refractivity contribution in [2.75, 3.05) is 18.8 Å². The van der Waals surface area contributed by atoms with Crippen LogP contribution in [0.2, 0.25) is 0 Å². The summed E-state index contributed by atoms with van der Waals surface area (Å²) in [5.74, 6) is 1.54. The first-order valence-electron chi connectivity index (χ1n) is 11.6. The summed E-state index contributed by atoms with van der Waals surface area (Å²) in [4.78, 5) is 35.6. The molecular weight excluding hydrogens is 482 g/mol. The molecular formula is C24H27N7O6. The van der Waals surface area contributed by atoms with E-state index in [2.05, 4.69) is 37.6 Å². The molecule has 37 heavy (non-hydrogen) atoms. The smallest absolute Gasteiger partial charge is 0.307 e. The molecule has 0 radical (unpaired) electrons. The van der Waals surface area contributed by atoms with Gasteiger partial charge in [-0.05, 0) is 30.4 Å². The maximum Gasteiger partial charge on any atom is 0.307 e. The Bertz CT molecular complexity index is 1350. The Labute approximate surface area is 211 Å². The maximum absolute atomic E-state index is 12.2. The fourth-order valence-electron chi connectivity index (χ4n) is 3.93. The highest BCUT2D eigenvalue weighted by atomic mass is 16.6. The van der Waals surface area contributed by atoms with E-state index in [1.54, 1.807) is 19.1 Å². The number of imidazole rings is 1. The Morgan fingerprint density at radius 2 is 1.89 bits per heavy atom. The van der Waals surface area contributed by atoms with Crippen molar-refractivity contribution >= 4 is 28.9 Å². The number of carbonyl (C=O) groups excluding carboxylic acids is 1. The second-order valence-electron chi connectivity index (χ2n) is 8.39. The molecule has 13 nitrogen and oxygen atoms in total. The number of amides is 1. The van der Waals surface area contributed by atoms with Crippen molar-refractivity contribution in [2.45, 2.75) is 44.3 Å². The van der Waals surface area contributed by atoms with E-state index in [4.69, 9.17) is 15.6 Å². The lowest BCUT2D eigenvalue weighted by atomic mass is 10.1. The van der Waals surface area contributed by atoms with Crippen LogP contribution in [-0.2, 0) is 27.2 Å². The quantitative estimate of drug-likeness (QED) is 0.123. The molecule has 0 bridgehead atoms. The highest BCUT2D eigenvalue weighted by Gasteiger charge is 2.47. The second-order valence-corrected chi connectivity index (χ2v) is 8.39. The first-order valence-corrected chi connectivity index (χ1v) is 11.6. The van der Waals surface area contributed by atoms with E-state index < -0.39 is 36.4 Å². The number of carbonyl (C=O) groups is 2. The molecule has 2 aromatic heterocycles. The number of carboxylic acids is 1. The van der Waals surface area contributed by atoms with Gasteiger partial charge in [0, 0.05) is 19.1 Å². The number of nitrogens with two attached hydrogens (primary N) is 1. The van der Waals surface area contributed by atoms with Crippen LogP contribution in [0.15, 0.2) is 30.6 Å². The van der Waals surface area contributed by atoms with Crippen molar-refractivity contribution in [2.24, 2.45) is 0 Å². The highest BCUT2D eigenvalue weighted by molar-refractivity contribution is 5.83. The molecule has 3 heterocycles. The molecule has 1 aliphatic heterocycles. The molecule has 1 aromatic carbocycles. The third-order valence-electron chi connectivity index (χ3n) is 5.75. The van der Waals surface area contributed by atoms with E-state index in [1.807, 2.05) is 12.1 Å². The lowest BCUT2D eigenvalue weighted by Crippen LogP contribution is -2.42. The van der Waals surface area contributed by atoms with Gasteiger partial charge in [0.1, 0.15) is 17.7 Å². The van der Waals surface area contributed by atoms with Gasteiger partial charge in [-0.1, -0.05) is 24.3 Å². The number of carboxylic acid groups (broad SMARTS) is 1. The lowest BCUT2D eigenvalue weighted by Gasteiger charge is -2.16. The lowest BCUT2D eigenvalue weighted by molar-refractivity contribution is -0.137. The minimum Gasteiger partial charge on any atom is -0.481 e. The van der Waals surface area contributed by atoms with Crippen molar-refractivity contribution in [1.82, 2.24) is 30.2 Å². The molecule has 4 rings (SSSR count). The van der Waals surface area contributed by atoms with Gasteiger partial charge in [0.2, 0.25) is 5.82 Å². The SMILES string of the molecule is CCNC(=O)[C@H]1OC(n2cnc3c(N)nc(C#CNCCc4ccc(CC(=O)O)cc4)nc32)[C@H](O)[C@@H]1O. The van der Waals surface area contributed by atoms with Gasteiger partial charge in [-0.15, -0.1) is 0 Å². The normalized spacial score (nSPS) is 20.8. The molecule has 1 amide bonds. The maximum atomic E-state index is 12.2. The summed E-state index contributed by atoms with van der Waals surface area (Å²) in [7, 11) is 0. The van der Waals surface area contributed by atoms with Crippen molar-refractivity contribution in [3.05, 3.63) is 47.5 Å². The highest BCUT2D eigenvalue weighted by Crippen LogP contribution is 2.32. The van der Waals surface area contributed by atoms with E-state index in [-0.39, 0.29) is 29.2 Å². The number of aliphatic hydroxyl groups is 2. The Balaban J connectivity index is 1.44. The zero-order valence-corrected chi connectivity index (χ0v) is 20.0. The topological polar surface area (TPSA) is 198 Å². The van der Waals surface area contributed by atoms with E-state index in [0.29, 0.717) is 19.5 Å². The number of aliphatic carboxylic acids is 1. The predicted octanol–water partition coefficient (Wildman–Crippen LogP) is -1.07. The molecule has 3 aromatic rings. The third kappa shape index (κ3) is 5.78. The van der Waals surface area contributed by atoms with E-state index >= 15 is 0 Å². The van der Waals surface area contributed by atoms with Crippen molar-refractivity contribution in [3.8, 4) is 12.0 Å². The zero-order valence-electron chi connectivity index (χ0n) is 20.0. The van der Waals surface area contributed by atoms with Gasteiger partial charge in [0.05, 0.1) is 12.7 Å². The van der Waals surface area contributed by atoms with Crippen LogP contribution < -0.4 is 16.4 Å². The number of rotatable bonds is 8. The average Bonchev–Trinajstić information content (AvgIpc) is 3.41. The van der Waals surface area contributed by atoms with Crippen LogP contribution in [0.4, 0.5) is 5.82 Å². The number of aliphatic hydroxyl groups excluding tert-OH is 2. The summed E-state index contributed by atoms with van der Waals surface area (Å²) in [6, 6.07) is 10.1. The molecule has 194 valence electrons. The van der Waals surface area contributed by atoms with Gasteiger partial charge in [0.25, 0.3) is 5.91 Å². The summed E-state index contributed by atoms with van der Waals surface area (Å²) in [5.41, 5.74) is 8.27. The van der Waals surface area contributed by atoms with Gasteiger partial charge >= 0.3 is 5.97 Å². The molecule has 0 spiro atoms. The Hall–Kier alpha value is -4.25. The van der Waals surface area contributed by atoms with Crippen LogP contribution in [0.1, 0.15) is 30.1 Å². The molecule has 1 saturated heterocycles. The van der Waals surface area contributed by atoms with Crippen molar-refractivity contribution in [1.29, 1.82) is 0 Å². The summed E-state index contributed by atoms with van der Waals surface area (Å²) >= 11 is 0. The molecule has 7 N–H and O–H groups in total. The molecule has 0 saturated carbocycles.